The fourth-order valence-corrected chi connectivity index (χ4v) is 2.81. The molecule has 2 aromatic rings. The number of ether oxygens (including phenoxy) is 1. The second-order valence-corrected chi connectivity index (χ2v) is 5.64. The molecule has 122 valence electrons. The van der Waals surface area contributed by atoms with E-state index in [-0.39, 0.29) is 24.6 Å². The number of aliphatic hydroxyl groups is 1. The Morgan fingerprint density at radius 2 is 2.30 bits per heavy atom. The van der Waals surface area contributed by atoms with Crippen molar-refractivity contribution in [3.05, 3.63) is 43.0 Å². The second kappa shape index (κ2) is 7.23. The van der Waals surface area contributed by atoms with Gasteiger partial charge in [0.1, 0.15) is 24.5 Å². The molecule has 0 aromatic carbocycles. The summed E-state index contributed by atoms with van der Waals surface area (Å²) >= 11 is 0. The Kier molecular flexibility index (Phi) is 4.87. The minimum Gasteiger partial charge on any atom is -0.486 e. The molecule has 2 N–H and O–H groups in total. The number of nitrogens with zero attached hydrogens (tertiary/aromatic N) is 3. The van der Waals surface area contributed by atoms with Crippen molar-refractivity contribution in [1.82, 2.24) is 20.1 Å². The van der Waals surface area contributed by atoms with Gasteiger partial charge in [0.15, 0.2) is 0 Å². The van der Waals surface area contributed by atoms with Gasteiger partial charge in [0.25, 0.3) is 0 Å². The van der Waals surface area contributed by atoms with Crippen LogP contribution in [0.2, 0.25) is 0 Å². The zero-order valence-corrected chi connectivity index (χ0v) is 12.7. The van der Waals surface area contributed by atoms with Gasteiger partial charge in [-0.1, -0.05) is 0 Å². The van der Waals surface area contributed by atoms with Crippen molar-refractivity contribution in [2.75, 3.05) is 0 Å². The maximum atomic E-state index is 12.1. The Morgan fingerprint density at radius 1 is 1.39 bits per heavy atom. The third kappa shape index (κ3) is 4.07. The predicted octanol–water partition coefficient (Wildman–Crippen LogP) is 0.755. The largest absolute Gasteiger partial charge is 0.486 e. The highest BCUT2D eigenvalue weighted by molar-refractivity contribution is 5.76. The van der Waals surface area contributed by atoms with Crippen LogP contribution in [0.1, 0.15) is 19.3 Å². The first kappa shape index (κ1) is 15.5. The van der Waals surface area contributed by atoms with Crippen LogP contribution in [-0.4, -0.2) is 44.0 Å². The molecule has 1 fully saturated rings. The van der Waals surface area contributed by atoms with E-state index >= 15 is 0 Å². The van der Waals surface area contributed by atoms with Gasteiger partial charge in [-0.05, 0) is 37.5 Å². The fraction of sp³-hybridized carbons (Fsp3) is 0.438. The number of rotatable bonds is 5. The van der Waals surface area contributed by atoms with Gasteiger partial charge in [0.05, 0.1) is 12.2 Å². The first-order valence-corrected chi connectivity index (χ1v) is 7.74. The van der Waals surface area contributed by atoms with Crippen LogP contribution >= 0.6 is 0 Å². The van der Waals surface area contributed by atoms with E-state index in [2.05, 4.69) is 15.4 Å². The van der Waals surface area contributed by atoms with Gasteiger partial charge in [-0.3, -0.25) is 14.5 Å². The molecule has 1 saturated carbocycles. The predicted molar refractivity (Wildman–Crippen MR) is 82.7 cm³/mol. The van der Waals surface area contributed by atoms with Crippen molar-refractivity contribution in [3.8, 4) is 5.75 Å². The monoisotopic (exact) mass is 316 g/mol. The molecule has 0 spiro atoms. The first-order chi connectivity index (χ1) is 11.2. The van der Waals surface area contributed by atoms with E-state index in [0.29, 0.717) is 5.75 Å². The average molecular weight is 316 g/mol. The lowest BCUT2D eigenvalue weighted by Crippen LogP contribution is -2.53. The van der Waals surface area contributed by atoms with Crippen LogP contribution in [0.15, 0.2) is 43.0 Å². The van der Waals surface area contributed by atoms with Gasteiger partial charge in [0, 0.05) is 18.6 Å². The van der Waals surface area contributed by atoms with Crippen LogP contribution in [0.25, 0.3) is 0 Å². The molecule has 7 heteroatoms. The normalized spacial score (nSPS) is 24.1. The molecule has 0 saturated heterocycles. The molecular weight excluding hydrogens is 296 g/mol. The summed E-state index contributed by atoms with van der Waals surface area (Å²) < 4.78 is 7.35. The number of aliphatic hydroxyl groups excluding tert-OH is 1. The molecule has 0 unspecified atom stereocenters. The summed E-state index contributed by atoms with van der Waals surface area (Å²) in [5, 5.41) is 17.4. The molecule has 3 rings (SSSR count). The summed E-state index contributed by atoms with van der Waals surface area (Å²) in [7, 11) is 0. The van der Waals surface area contributed by atoms with Gasteiger partial charge < -0.3 is 15.2 Å². The van der Waals surface area contributed by atoms with E-state index in [1.807, 2.05) is 0 Å². The molecule has 1 aliphatic carbocycles. The SMILES string of the molecule is O=C(Cn1cccn1)N[C@@H]1CCC[C@@H](Oc2cccnc2)[C@@H]1O. The van der Waals surface area contributed by atoms with Gasteiger partial charge in [-0.2, -0.15) is 5.10 Å². The standard InChI is InChI=1S/C16H20N4O3/c21-15(11-20-9-3-8-18-20)19-13-5-1-6-14(16(13)22)23-12-4-2-7-17-10-12/h2-4,7-10,13-14,16,22H,1,5-6,11H2,(H,19,21)/t13-,14-,16-/m1/s1. The number of hydrogen-bond donors (Lipinski definition) is 2. The highest BCUT2D eigenvalue weighted by Crippen LogP contribution is 2.24. The Morgan fingerprint density at radius 3 is 3.04 bits per heavy atom. The molecule has 1 aliphatic rings. The number of aromatic nitrogens is 3. The Balaban J connectivity index is 1.56. The maximum absolute atomic E-state index is 12.1. The van der Waals surface area contributed by atoms with E-state index in [4.69, 9.17) is 4.74 Å². The Bertz CT molecular complexity index is 618. The minimum atomic E-state index is -0.745. The molecular formula is C16H20N4O3. The summed E-state index contributed by atoms with van der Waals surface area (Å²) in [5.74, 6) is 0.458. The highest BCUT2D eigenvalue weighted by atomic mass is 16.5. The molecule has 3 atom stereocenters. The second-order valence-electron chi connectivity index (χ2n) is 5.64. The first-order valence-electron chi connectivity index (χ1n) is 7.74. The lowest BCUT2D eigenvalue weighted by atomic mass is 9.90. The van der Waals surface area contributed by atoms with Crippen LogP contribution in [0, 0.1) is 0 Å². The molecule has 0 aliphatic heterocycles. The topological polar surface area (TPSA) is 89.3 Å². The van der Waals surface area contributed by atoms with Crippen molar-refractivity contribution in [2.24, 2.45) is 0 Å². The van der Waals surface area contributed by atoms with E-state index in [1.54, 1.807) is 47.7 Å². The van der Waals surface area contributed by atoms with Crippen molar-refractivity contribution in [3.63, 3.8) is 0 Å². The molecule has 2 aromatic heterocycles. The van der Waals surface area contributed by atoms with E-state index in [9.17, 15) is 9.90 Å². The summed E-state index contributed by atoms with van der Waals surface area (Å²) in [6.07, 6.45) is 7.92. The van der Waals surface area contributed by atoms with E-state index in [0.717, 1.165) is 19.3 Å². The lowest BCUT2D eigenvalue weighted by Gasteiger charge is -2.35. The quantitative estimate of drug-likeness (QED) is 0.850. The minimum absolute atomic E-state index is 0.143. The van der Waals surface area contributed by atoms with E-state index < -0.39 is 6.10 Å². The number of nitrogens with one attached hydrogen (secondary N) is 1. The van der Waals surface area contributed by atoms with Crippen molar-refractivity contribution < 1.29 is 14.6 Å². The number of amides is 1. The number of hydrogen-bond acceptors (Lipinski definition) is 5. The van der Waals surface area contributed by atoms with Gasteiger partial charge in [0.2, 0.25) is 5.91 Å². The third-order valence-corrected chi connectivity index (χ3v) is 3.93. The zero-order chi connectivity index (χ0) is 16.1. The molecule has 1 amide bonds. The molecule has 0 bridgehead atoms. The smallest absolute Gasteiger partial charge is 0.242 e. The summed E-state index contributed by atoms with van der Waals surface area (Å²) in [6.45, 7) is 0.143. The number of pyridine rings is 1. The highest BCUT2D eigenvalue weighted by Gasteiger charge is 2.34. The average Bonchev–Trinajstić information content (AvgIpc) is 3.05. The van der Waals surface area contributed by atoms with Crippen molar-refractivity contribution >= 4 is 5.91 Å². The summed E-state index contributed by atoms with van der Waals surface area (Å²) in [6, 6.07) is 5.04. The van der Waals surface area contributed by atoms with Crippen LogP contribution in [-0.2, 0) is 11.3 Å². The number of carbonyl (C=O) groups is 1. The third-order valence-electron chi connectivity index (χ3n) is 3.93. The Labute approximate surface area is 134 Å². The van der Waals surface area contributed by atoms with E-state index in [1.165, 1.54) is 0 Å². The molecule has 23 heavy (non-hydrogen) atoms. The van der Waals surface area contributed by atoms with Crippen LogP contribution < -0.4 is 10.1 Å². The van der Waals surface area contributed by atoms with Gasteiger partial charge >= 0.3 is 0 Å². The summed E-state index contributed by atoms with van der Waals surface area (Å²) in [5.41, 5.74) is 0. The maximum Gasteiger partial charge on any atom is 0.242 e. The van der Waals surface area contributed by atoms with Crippen molar-refractivity contribution in [2.45, 2.75) is 44.1 Å². The zero-order valence-electron chi connectivity index (χ0n) is 12.7. The number of carbonyl (C=O) groups excluding carboxylic acids is 1. The molecule has 0 radical (unpaired) electrons. The van der Waals surface area contributed by atoms with Gasteiger partial charge in [-0.15, -0.1) is 0 Å². The van der Waals surface area contributed by atoms with Crippen LogP contribution in [0.4, 0.5) is 0 Å². The molecule has 7 nitrogen and oxygen atoms in total. The van der Waals surface area contributed by atoms with Crippen LogP contribution in [0.5, 0.6) is 5.75 Å². The van der Waals surface area contributed by atoms with Crippen molar-refractivity contribution in [1.29, 1.82) is 0 Å². The summed E-state index contributed by atoms with van der Waals surface area (Å²) in [4.78, 5) is 16.1. The van der Waals surface area contributed by atoms with Crippen LogP contribution in [0.3, 0.4) is 0 Å². The lowest BCUT2D eigenvalue weighted by molar-refractivity contribution is -0.124. The Hall–Kier alpha value is -2.41. The van der Waals surface area contributed by atoms with Gasteiger partial charge in [-0.25, -0.2) is 0 Å². The molecule has 2 heterocycles. The fourth-order valence-electron chi connectivity index (χ4n) is 2.81.